The highest BCUT2D eigenvalue weighted by molar-refractivity contribution is 5.98. The molecule has 0 spiro atoms. The number of anilines is 1. The second kappa shape index (κ2) is 3.51. The zero-order chi connectivity index (χ0) is 11.8. The van der Waals surface area contributed by atoms with Gasteiger partial charge in [-0.15, -0.1) is 0 Å². The highest BCUT2D eigenvalue weighted by Crippen LogP contribution is 2.28. The first-order chi connectivity index (χ1) is 8.27. The highest BCUT2D eigenvalue weighted by Gasteiger charge is 2.14. The van der Waals surface area contributed by atoms with E-state index in [2.05, 4.69) is 20.1 Å². The van der Waals surface area contributed by atoms with Gasteiger partial charge in [-0.3, -0.25) is 4.98 Å². The van der Waals surface area contributed by atoms with Crippen LogP contribution in [0.2, 0.25) is 0 Å². The van der Waals surface area contributed by atoms with Crippen LogP contribution in [0.15, 0.2) is 30.9 Å². The zero-order valence-corrected chi connectivity index (χ0v) is 9.20. The fourth-order valence-corrected chi connectivity index (χ4v) is 1.82. The van der Waals surface area contributed by atoms with Gasteiger partial charge in [-0.25, -0.2) is 14.6 Å². The molecule has 0 atom stereocenters. The Morgan fingerprint density at radius 1 is 1.18 bits per heavy atom. The lowest BCUT2D eigenvalue weighted by Gasteiger charge is -1.98. The average molecular weight is 226 g/mol. The van der Waals surface area contributed by atoms with Crippen molar-refractivity contribution in [2.45, 2.75) is 0 Å². The number of rotatable bonds is 1. The summed E-state index contributed by atoms with van der Waals surface area (Å²) in [6.45, 7) is 0. The largest absolute Gasteiger partial charge is 0.383 e. The molecule has 0 aromatic carbocycles. The maximum absolute atomic E-state index is 5.89. The fourth-order valence-electron chi connectivity index (χ4n) is 1.82. The molecule has 0 amide bonds. The third-order valence-corrected chi connectivity index (χ3v) is 2.60. The summed E-state index contributed by atoms with van der Waals surface area (Å²) < 4.78 is 1.70. The normalized spacial score (nSPS) is 10.9. The average Bonchev–Trinajstić information content (AvgIpc) is 2.70. The molecule has 2 N–H and O–H groups in total. The van der Waals surface area contributed by atoms with Gasteiger partial charge in [0, 0.05) is 25.0 Å². The minimum atomic E-state index is 0.440. The molecule has 0 aliphatic heterocycles. The van der Waals surface area contributed by atoms with Gasteiger partial charge in [0.25, 0.3) is 0 Å². The standard InChI is InChI=1S/C11H10N6/c1-17-11-8(10(12)14-6-15-11)9(16-17)7-2-4-13-5-3-7/h2-6H,1H3,(H2,12,14,15). The summed E-state index contributed by atoms with van der Waals surface area (Å²) in [5.41, 5.74) is 8.35. The first kappa shape index (κ1) is 9.71. The van der Waals surface area contributed by atoms with E-state index in [1.807, 2.05) is 19.2 Å². The summed E-state index contributed by atoms with van der Waals surface area (Å²) in [6.07, 6.45) is 4.88. The van der Waals surface area contributed by atoms with Crippen molar-refractivity contribution >= 4 is 16.9 Å². The van der Waals surface area contributed by atoms with Crippen LogP contribution in [0, 0.1) is 0 Å². The van der Waals surface area contributed by atoms with Crippen molar-refractivity contribution in [3.05, 3.63) is 30.9 Å². The van der Waals surface area contributed by atoms with Crippen molar-refractivity contribution in [2.75, 3.05) is 5.73 Å². The topological polar surface area (TPSA) is 82.5 Å². The molecule has 0 saturated heterocycles. The molecule has 84 valence electrons. The summed E-state index contributed by atoms with van der Waals surface area (Å²) in [5, 5.41) is 5.21. The first-order valence-electron chi connectivity index (χ1n) is 5.11. The number of hydrogen-bond donors (Lipinski definition) is 1. The quantitative estimate of drug-likeness (QED) is 0.669. The van der Waals surface area contributed by atoms with Gasteiger partial charge in [-0.2, -0.15) is 5.10 Å². The highest BCUT2D eigenvalue weighted by atomic mass is 15.3. The number of hydrogen-bond acceptors (Lipinski definition) is 5. The number of nitrogens with two attached hydrogens (primary N) is 1. The molecule has 6 heteroatoms. The minimum Gasteiger partial charge on any atom is -0.383 e. The molecule has 0 fully saturated rings. The fraction of sp³-hybridized carbons (Fsp3) is 0.0909. The van der Waals surface area contributed by atoms with Crippen LogP contribution in [-0.4, -0.2) is 24.7 Å². The Kier molecular flexibility index (Phi) is 2.01. The molecule has 0 saturated carbocycles. The Morgan fingerprint density at radius 3 is 2.71 bits per heavy atom. The third-order valence-electron chi connectivity index (χ3n) is 2.60. The van der Waals surface area contributed by atoms with E-state index >= 15 is 0 Å². The van der Waals surface area contributed by atoms with Gasteiger partial charge in [0.05, 0.1) is 5.39 Å². The van der Waals surface area contributed by atoms with E-state index < -0.39 is 0 Å². The van der Waals surface area contributed by atoms with Crippen LogP contribution in [0.4, 0.5) is 5.82 Å². The number of aryl methyl sites for hydroxylation is 1. The van der Waals surface area contributed by atoms with E-state index in [-0.39, 0.29) is 0 Å². The molecule has 6 nitrogen and oxygen atoms in total. The van der Waals surface area contributed by atoms with Gasteiger partial charge in [0.15, 0.2) is 5.65 Å². The molecule has 0 aliphatic rings. The Labute approximate surface area is 97.1 Å². The summed E-state index contributed by atoms with van der Waals surface area (Å²) in [6, 6.07) is 3.77. The molecule has 0 aliphatic carbocycles. The Bertz CT molecular complexity index is 673. The molecule has 3 aromatic rings. The van der Waals surface area contributed by atoms with E-state index in [1.165, 1.54) is 6.33 Å². The molecular weight excluding hydrogens is 216 g/mol. The maximum Gasteiger partial charge on any atom is 0.163 e. The van der Waals surface area contributed by atoms with Gasteiger partial charge in [-0.05, 0) is 12.1 Å². The molecule has 0 bridgehead atoms. The lowest BCUT2D eigenvalue weighted by atomic mass is 10.1. The van der Waals surface area contributed by atoms with Crippen LogP contribution in [0.25, 0.3) is 22.3 Å². The van der Waals surface area contributed by atoms with Crippen LogP contribution >= 0.6 is 0 Å². The first-order valence-corrected chi connectivity index (χ1v) is 5.11. The second-order valence-corrected chi connectivity index (χ2v) is 3.67. The van der Waals surface area contributed by atoms with Crippen LogP contribution in [0.5, 0.6) is 0 Å². The number of nitrogens with zero attached hydrogens (tertiary/aromatic N) is 5. The third kappa shape index (κ3) is 1.42. The minimum absolute atomic E-state index is 0.440. The monoisotopic (exact) mass is 226 g/mol. The van der Waals surface area contributed by atoms with Crippen molar-refractivity contribution < 1.29 is 0 Å². The lowest BCUT2D eigenvalue weighted by Crippen LogP contribution is -1.95. The van der Waals surface area contributed by atoms with Crippen molar-refractivity contribution in [2.24, 2.45) is 7.05 Å². The maximum atomic E-state index is 5.89. The zero-order valence-electron chi connectivity index (χ0n) is 9.20. The number of nitrogen functional groups attached to an aromatic ring is 1. The molecule has 0 radical (unpaired) electrons. The van der Waals surface area contributed by atoms with E-state index in [0.29, 0.717) is 5.82 Å². The van der Waals surface area contributed by atoms with Gasteiger partial charge in [0.1, 0.15) is 17.8 Å². The summed E-state index contributed by atoms with van der Waals surface area (Å²) >= 11 is 0. The van der Waals surface area contributed by atoms with E-state index in [9.17, 15) is 0 Å². The van der Waals surface area contributed by atoms with Crippen LogP contribution in [-0.2, 0) is 7.05 Å². The van der Waals surface area contributed by atoms with Crippen molar-refractivity contribution in [3.8, 4) is 11.3 Å². The van der Waals surface area contributed by atoms with E-state index in [1.54, 1.807) is 17.1 Å². The predicted molar refractivity (Wildman–Crippen MR) is 63.9 cm³/mol. The Balaban J connectivity index is 2.38. The van der Waals surface area contributed by atoms with E-state index in [4.69, 9.17) is 5.73 Å². The van der Waals surface area contributed by atoms with Crippen LogP contribution in [0.3, 0.4) is 0 Å². The Hall–Kier alpha value is -2.50. The number of aromatic nitrogens is 5. The summed E-state index contributed by atoms with van der Waals surface area (Å²) in [5.74, 6) is 0.440. The van der Waals surface area contributed by atoms with Gasteiger partial charge in [0.2, 0.25) is 0 Å². The smallest absolute Gasteiger partial charge is 0.163 e. The van der Waals surface area contributed by atoms with Crippen molar-refractivity contribution in [1.29, 1.82) is 0 Å². The van der Waals surface area contributed by atoms with Gasteiger partial charge >= 0.3 is 0 Å². The lowest BCUT2D eigenvalue weighted by molar-refractivity contribution is 0.788. The molecule has 3 rings (SSSR count). The summed E-state index contributed by atoms with van der Waals surface area (Å²) in [7, 11) is 1.83. The molecular formula is C11H10N6. The number of pyridine rings is 1. The van der Waals surface area contributed by atoms with Gasteiger partial charge in [-0.1, -0.05) is 0 Å². The number of fused-ring (bicyclic) bond motifs is 1. The second-order valence-electron chi connectivity index (χ2n) is 3.67. The summed E-state index contributed by atoms with van der Waals surface area (Å²) in [4.78, 5) is 12.2. The molecule has 3 heterocycles. The van der Waals surface area contributed by atoms with Gasteiger partial charge < -0.3 is 5.73 Å². The SMILES string of the molecule is Cn1nc(-c2ccncc2)c2c(N)ncnc21. The van der Waals surface area contributed by atoms with E-state index in [0.717, 1.165) is 22.3 Å². The van der Waals surface area contributed by atoms with Crippen LogP contribution < -0.4 is 5.73 Å². The molecule has 0 unspecified atom stereocenters. The van der Waals surface area contributed by atoms with Crippen LogP contribution in [0.1, 0.15) is 0 Å². The van der Waals surface area contributed by atoms with Crippen molar-refractivity contribution in [1.82, 2.24) is 24.7 Å². The molecule has 3 aromatic heterocycles. The Morgan fingerprint density at radius 2 is 1.94 bits per heavy atom. The molecule has 17 heavy (non-hydrogen) atoms. The van der Waals surface area contributed by atoms with Crippen molar-refractivity contribution in [3.63, 3.8) is 0 Å². The predicted octanol–water partition coefficient (Wildman–Crippen LogP) is 1.01.